The Bertz CT molecular complexity index is 383. The van der Waals surface area contributed by atoms with Gasteiger partial charge in [-0.25, -0.2) is 13.1 Å². The highest BCUT2D eigenvalue weighted by Crippen LogP contribution is 2.22. The maximum Gasteiger partial charge on any atom is 0.216 e. The maximum absolute atomic E-state index is 12.3. The molecule has 0 aliphatic carbocycles. The van der Waals surface area contributed by atoms with Gasteiger partial charge in [0.15, 0.2) is 0 Å². The molecule has 1 N–H and O–H groups in total. The van der Waals surface area contributed by atoms with Gasteiger partial charge in [0.25, 0.3) is 0 Å². The fourth-order valence-electron chi connectivity index (χ4n) is 2.31. The summed E-state index contributed by atoms with van der Waals surface area (Å²) in [5.74, 6) is 0. The summed E-state index contributed by atoms with van der Waals surface area (Å²) in [4.78, 5) is 0. The third-order valence-corrected chi connectivity index (χ3v) is 6.24. The first-order valence-corrected chi connectivity index (χ1v) is 9.88. The maximum atomic E-state index is 12.3. The summed E-state index contributed by atoms with van der Waals surface area (Å²) in [5.41, 5.74) is 0. The van der Waals surface area contributed by atoms with Crippen molar-refractivity contribution in [2.24, 2.45) is 0 Å². The van der Waals surface area contributed by atoms with Gasteiger partial charge in [0.2, 0.25) is 10.0 Å². The molecule has 1 aliphatic rings. The minimum atomic E-state index is -3.27. The van der Waals surface area contributed by atoms with Crippen LogP contribution in [0.4, 0.5) is 0 Å². The van der Waals surface area contributed by atoms with Gasteiger partial charge in [-0.3, -0.25) is 0 Å². The molecule has 2 atom stereocenters. The van der Waals surface area contributed by atoms with Crippen LogP contribution in [-0.2, 0) is 14.8 Å². The largest absolute Gasteiger partial charge is 0.373 e. The Morgan fingerprint density at radius 2 is 1.71 bits per heavy atom. The van der Waals surface area contributed by atoms with Gasteiger partial charge >= 0.3 is 0 Å². The second-order valence-electron chi connectivity index (χ2n) is 7.18. The molecule has 1 heterocycles. The SMILES string of the molecule is CCCCCCCC[C@H](C[C@@H]1CO1)NS(=O)(=O)C(C)(C)C. The van der Waals surface area contributed by atoms with E-state index in [2.05, 4.69) is 11.6 Å². The Morgan fingerprint density at radius 3 is 2.24 bits per heavy atom. The predicted molar refractivity (Wildman–Crippen MR) is 87.9 cm³/mol. The number of ether oxygens (including phenoxy) is 1. The number of unbranched alkanes of at least 4 members (excludes halogenated alkanes) is 5. The number of rotatable bonds is 11. The number of sulfonamides is 1. The molecule has 0 aromatic carbocycles. The fraction of sp³-hybridized carbons (Fsp3) is 1.00. The molecule has 5 heteroatoms. The molecule has 1 fully saturated rings. The predicted octanol–water partition coefficient (Wildman–Crippen LogP) is 3.61. The van der Waals surface area contributed by atoms with Crippen molar-refractivity contribution in [1.82, 2.24) is 4.72 Å². The fourth-order valence-corrected chi connectivity index (χ4v) is 3.32. The zero-order chi connectivity index (χ0) is 15.9. The summed E-state index contributed by atoms with van der Waals surface area (Å²) >= 11 is 0. The summed E-state index contributed by atoms with van der Waals surface area (Å²) in [6.07, 6.45) is 9.38. The van der Waals surface area contributed by atoms with E-state index in [0.29, 0.717) is 0 Å². The highest BCUT2D eigenvalue weighted by molar-refractivity contribution is 7.90. The van der Waals surface area contributed by atoms with Crippen LogP contribution in [0.5, 0.6) is 0 Å². The summed E-state index contributed by atoms with van der Waals surface area (Å²) in [5, 5.41) is 0. The van der Waals surface area contributed by atoms with Crippen LogP contribution in [0.2, 0.25) is 0 Å². The monoisotopic (exact) mass is 319 g/mol. The highest BCUT2D eigenvalue weighted by Gasteiger charge is 2.34. The normalized spacial score (nSPS) is 20.5. The van der Waals surface area contributed by atoms with Crippen molar-refractivity contribution in [3.63, 3.8) is 0 Å². The first-order valence-electron chi connectivity index (χ1n) is 8.39. The highest BCUT2D eigenvalue weighted by atomic mass is 32.2. The lowest BCUT2D eigenvalue weighted by atomic mass is 10.0. The van der Waals surface area contributed by atoms with Gasteiger partial charge in [0.1, 0.15) is 0 Å². The second kappa shape index (κ2) is 8.49. The molecule has 0 unspecified atom stereocenters. The number of nitrogens with one attached hydrogen (secondary N) is 1. The summed E-state index contributed by atoms with van der Waals surface area (Å²) < 4.78 is 32.0. The molecule has 0 spiro atoms. The topological polar surface area (TPSA) is 58.7 Å². The Labute approximate surface area is 131 Å². The van der Waals surface area contributed by atoms with E-state index < -0.39 is 14.8 Å². The third-order valence-electron chi connectivity index (χ3n) is 3.98. The Hall–Kier alpha value is -0.130. The molecule has 1 rings (SSSR count). The molecule has 0 aromatic rings. The molecule has 1 saturated heterocycles. The van der Waals surface area contributed by atoms with Crippen LogP contribution in [0.15, 0.2) is 0 Å². The van der Waals surface area contributed by atoms with E-state index >= 15 is 0 Å². The van der Waals surface area contributed by atoms with Gasteiger partial charge in [0.05, 0.1) is 17.5 Å². The lowest BCUT2D eigenvalue weighted by molar-refractivity contribution is 0.361. The van der Waals surface area contributed by atoms with Crippen LogP contribution in [0.25, 0.3) is 0 Å². The van der Waals surface area contributed by atoms with Crippen molar-refractivity contribution in [3.8, 4) is 0 Å². The van der Waals surface area contributed by atoms with E-state index in [4.69, 9.17) is 4.74 Å². The number of hydrogen-bond donors (Lipinski definition) is 1. The van der Waals surface area contributed by atoms with Gasteiger partial charge in [0, 0.05) is 6.04 Å². The smallest absolute Gasteiger partial charge is 0.216 e. The van der Waals surface area contributed by atoms with Crippen LogP contribution in [0, 0.1) is 0 Å². The molecule has 1 aliphatic heterocycles. The molecule has 0 saturated carbocycles. The summed E-state index contributed by atoms with van der Waals surface area (Å²) in [6.45, 7) is 8.22. The van der Waals surface area contributed by atoms with Crippen molar-refractivity contribution < 1.29 is 13.2 Å². The number of hydrogen-bond acceptors (Lipinski definition) is 3. The van der Waals surface area contributed by atoms with E-state index in [1.54, 1.807) is 20.8 Å². The van der Waals surface area contributed by atoms with E-state index in [1.165, 1.54) is 32.1 Å². The summed E-state index contributed by atoms with van der Waals surface area (Å²) in [6, 6.07) is 0.0212. The lowest BCUT2D eigenvalue weighted by Gasteiger charge is -2.25. The van der Waals surface area contributed by atoms with Crippen LogP contribution in [0.3, 0.4) is 0 Å². The second-order valence-corrected chi connectivity index (χ2v) is 9.65. The minimum absolute atomic E-state index is 0.0212. The molecule has 0 amide bonds. The summed E-state index contributed by atoms with van der Waals surface area (Å²) in [7, 11) is -3.27. The van der Waals surface area contributed by atoms with Crippen LogP contribution in [-0.4, -0.2) is 31.9 Å². The average Bonchev–Trinajstić information content (AvgIpc) is 3.15. The Balaban J connectivity index is 2.37. The zero-order valence-electron chi connectivity index (χ0n) is 14.2. The van der Waals surface area contributed by atoms with Crippen LogP contribution >= 0.6 is 0 Å². The molecule has 21 heavy (non-hydrogen) atoms. The van der Waals surface area contributed by atoms with E-state index in [0.717, 1.165) is 25.9 Å². The first kappa shape index (κ1) is 18.9. The van der Waals surface area contributed by atoms with Gasteiger partial charge in [-0.2, -0.15) is 0 Å². The van der Waals surface area contributed by atoms with Crippen LogP contribution < -0.4 is 4.72 Å². The number of epoxide rings is 1. The Morgan fingerprint density at radius 1 is 1.14 bits per heavy atom. The average molecular weight is 320 g/mol. The molecular weight excluding hydrogens is 286 g/mol. The quantitative estimate of drug-likeness (QED) is 0.467. The standard InChI is InChI=1S/C16H33NO3S/c1-5-6-7-8-9-10-11-14(12-15-13-20-15)17-21(18,19)16(2,3)4/h14-15,17H,5-13H2,1-4H3/t14-,15-/m1/s1. The lowest BCUT2D eigenvalue weighted by Crippen LogP contribution is -2.45. The minimum Gasteiger partial charge on any atom is -0.373 e. The molecule has 0 radical (unpaired) electrons. The zero-order valence-corrected chi connectivity index (χ0v) is 15.0. The van der Waals surface area contributed by atoms with Crippen LogP contribution in [0.1, 0.15) is 79.1 Å². The van der Waals surface area contributed by atoms with Gasteiger partial charge in [-0.05, 0) is 33.6 Å². The van der Waals surface area contributed by atoms with E-state index in [1.807, 2.05) is 0 Å². The van der Waals surface area contributed by atoms with Crippen molar-refractivity contribution >= 4 is 10.0 Å². The Kier molecular flexibility index (Phi) is 7.65. The van der Waals surface area contributed by atoms with Crippen molar-refractivity contribution in [3.05, 3.63) is 0 Å². The van der Waals surface area contributed by atoms with Gasteiger partial charge in [-0.15, -0.1) is 0 Å². The first-order chi connectivity index (χ1) is 9.76. The molecular formula is C16H33NO3S. The molecule has 0 bridgehead atoms. The molecule has 126 valence electrons. The van der Waals surface area contributed by atoms with Gasteiger partial charge < -0.3 is 4.74 Å². The van der Waals surface area contributed by atoms with Crippen molar-refractivity contribution in [2.45, 2.75) is 96.0 Å². The third kappa shape index (κ3) is 7.61. The molecule has 4 nitrogen and oxygen atoms in total. The van der Waals surface area contributed by atoms with E-state index in [-0.39, 0.29) is 12.1 Å². The van der Waals surface area contributed by atoms with Crippen molar-refractivity contribution in [2.75, 3.05) is 6.61 Å². The van der Waals surface area contributed by atoms with Gasteiger partial charge in [-0.1, -0.05) is 45.4 Å². The van der Waals surface area contributed by atoms with E-state index in [9.17, 15) is 8.42 Å². The molecule has 0 aromatic heterocycles. The van der Waals surface area contributed by atoms with Crippen molar-refractivity contribution in [1.29, 1.82) is 0 Å².